The van der Waals surface area contributed by atoms with E-state index in [-0.39, 0.29) is 15.1 Å². The Kier molecular flexibility index (Phi) is 2.69. The van der Waals surface area contributed by atoms with Crippen LogP contribution in [0.3, 0.4) is 0 Å². The van der Waals surface area contributed by atoms with E-state index in [9.17, 15) is 9.18 Å². The lowest BCUT2D eigenvalue weighted by atomic mass is 10.2. The first-order valence-electron chi connectivity index (χ1n) is 2.97. The Labute approximate surface area is 81.6 Å². The smallest absolute Gasteiger partial charge is 0.252 e. The monoisotopic (exact) mass is 251 g/mol. The van der Waals surface area contributed by atoms with Crippen molar-refractivity contribution in [2.24, 2.45) is 5.73 Å². The van der Waals surface area contributed by atoms with Crippen molar-refractivity contribution < 1.29 is 9.18 Å². The third kappa shape index (κ3) is 1.59. The van der Waals surface area contributed by atoms with Crippen LogP contribution in [-0.2, 0) is 0 Å². The second kappa shape index (κ2) is 3.41. The molecule has 0 heterocycles. The van der Waals surface area contributed by atoms with Gasteiger partial charge in [-0.15, -0.1) is 0 Å². The maximum atomic E-state index is 12.9. The van der Waals surface area contributed by atoms with Gasteiger partial charge in [-0.3, -0.25) is 4.79 Å². The van der Waals surface area contributed by atoms with Gasteiger partial charge in [0.15, 0.2) is 0 Å². The summed E-state index contributed by atoms with van der Waals surface area (Å²) in [5.74, 6) is -1.53. The summed E-state index contributed by atoms with van der Waals surface area (Å²) in [6.07, 6.45) is 0. The summed E-state index contributed by atoms with van der Waals surface area (Å²) in [5, 5.41) is 0.255. The van der Waals surface area contributed by atoms with Crippen LogP contribution in [0.15, 0.2) is 16.6 Å². The molecule has 5 heteroatoms. The SMILES string of the molecule is NC(=O)c1c(F)ccc(Cl)c1Br. The van der Waals surface area contributed by atoms with Gasteiger partial charge in [0.05, 0.1) is 15.1 Å². The van der Waals surface area contributed by atoms with Gasteiger partial charge in [-0.1, -0.05) is 11.6 Å². The van der Waals surface area contributed by atoms with E-state index in [1.807, 2.05) is 0 Å². The molecule has 1 rings (SSSR count). The number of amides is 1. The topological polar surface area (TPSA) is 43.1 Å². The molecule has 0 unspecified atom stereocenters. The number of carbonyl (C=O) groups is 1. The molecule has 1 amide bonds. The molecule has 0 saturated heterocycles. The first-order chi connectivity index (χ1) is 5.54. The zero-order valence-electron chi connectivity index (χ0n) is 5.77. The van der Waals surface area contributed by atoms with Crippen LogP contribution in [0.2, 0.25) is 5.02 Å². The number of halogens is 3. The van der Waals surface area contributed by atoms with Crippen molar-refractivity contribution in [3.8, 4) is 0 Å². The molecule has 12 heavy (non-hydrogen) atoms. The Hall–Kier alpha value is -0.610. The van der Waals surface area contributed by atoms with E-state index in [1.165, 1.54) is 6.07 Å². The van der Waals surface area contributed by atoms with E-state index in [2.05, 4.69) is 15.9 Å². The van der Waals surface area contributed by atoms with Gasteiger partial charge in [0, 0.05) is 0 Å². The number of benzene rings is 1. The molecule has 0 aromatic heterocycles. The minimum Gasteiger partial charge on any atom is -0.365 e. The van der Waals surface area contributed by atoms with E-state index >= 15 is 0 Å². The fraction of sp³-hybridized carbons (Fsp3) is 0. The normalized spacial score (nSPS) is 9.92. The lowest BCUT2D eigenvalue weighted by molar-refractivity contribution is 0.0995. The molecule has 64 valence electrons. The standard InChI is InChI=1S/C7H4BrClFNO/c8-6-3(9)1-2-4(10)5(6)7(11)12/h1-2H,(H2,11,12). The van der Waals surface area contributed by atoms with Crippen molar-refractivity contribution in [2.45, 2.75) is 0 Å². The van der Waals surface area contributed by atoms with Crippen molar-refractivity contribution in [1.29, 1.82) is 0 Å². The van der Waals surface area contributed by atoms with Crippen LogP contribution in [0.4, 0.5) is 4.39 Å². The summed E-state index contributed by atoms with van der Waals surface area (Å²) in [4.78, 5) is 10.7. The maximum Gasteiger partial charge on any atom is 0.252 e. The largest absolute Gasteiger partial charge is 0.365 e. The molecule has 0 atom stereocenters. The van der Waals surface area contributed by atoms with Crippen molar-refractivity contribution in [2.75, 3.05) is 0 Å². The molecule has 0 fully saturated rings. The van der Waals surface area contributed by atoms with Gasteiger partial charge < -0.3 is 5.73 Å². The summed E-state index contributed by atoms with van der Waals surface area (Å²) in [5.41, 5.74) is 4.70. The molecule has 0 radical (unpaired) electrons. The van der Waals surface area contributed by atoms with E-state index in [0.717, 1.165) is 6.07 Å². The molecule has 1 aromatic carbocycles. The molecule has 0 aliphatic carbocycles. The third-order valence-corrected chi connectivity index (χ3v) is 2.66. The Bertz CT molecular complexity index is 342. The van der Waals surface area contributed by atoms with Crippen molar-refractivity contribution in [3.05, 3.63) is 33.0 Å². The predicted octanol–water partition coefficient (Wildman–Crippen LogP) is 2.34. The van der Waals surface area contributed by atoms with Crippen molar-refractivity contribution in [3.63, 3.8) is 0 Å². The fourth-order valence-electron chi connectivity index (χ4n) is 0.753. The molecule has 0 aliphatic rings. The Morgan fingerprint density at radius 3 is 2.58 bits per heavy atom. The quantitative estimate of drug-likeness (QED) is 0.766. The molecule has 2 nitrogen and oxygen atoms in total. The highest BCUT2D eigenvalue weighted by Gasteiger charge is 2.14. The summed E-state index contributed by atoms with van der Waals surface area (Å²) in [6, 6.07) is 2.43. The van der Waals surface area contributed by atoms with E-state index < -0.39 is 11.7 Å². The van der Waals surface area contributed by atoms with Crippen LogP contribution >= 0.6 is 27.5 Å². The molecular formula is C7H4BrClFNO. The molecule has 0 spiro atoms. The Morgan fingerprint density at radius 1 is 1.58 bits per heavy atom. The van der Waals surface area contributed by atoms with Gasteiger partial charge in [0.25, 0.3) is 5.91 Å². The molecule has 1 aromatic rings. The highest BCUT2D eigenvalue weighted by Crippen LogP contribution is 2.27. The van der Waals surface area contributed by atoms with Crippen LogP contribution in [0.25, 0.3) is 0 Å². The first kappa shape index (κ1) is 9.48. The average Bonchev–Trinajstić information content (AvgIpc) is 1.97. The highest BCUT2D eigenvalue weighted by atomic mass is 79.9. The Balaban J connectivity index is 3.43. The molecule has 0 saturated carbocycles. The second-order valence-corrected chi connectivity index (χ2v) is 3.28. The minimum atomic E-state index is -0.845. The van der Waals surface area contributed by atoms with Gasteiger partial charge in [-0.05, 0) is 28.1 Å². The van der Waals surface area contributed by atoms with E-state index in [1.54, 1.807) is 0 Å². The van der Waals surface area contributed by atoms with Gasteiger partial charge in [-0.2, -0.15) is 0 Å². The van der Waals surface area contributed by atoms with Crippen LogP contribution < -0.4 is 5.73 Å². The van der Waals surface area contributed by atoms with Gasteiger partial charge in [-0.25, -0.2) is 4.39 Å². The number of nitrogens with two attached hydrogens (primary N) is 1. The number of carbonyl (C=O) groups excluding carboxylic acids is 1. The number of hydrogen-bond acceptors (Lipinski definition) is 1. The average molecular weight is 252 g/mol. The van der Waals surface area contributed by atoms with E-state index in [4.69, 9.17) is 17.3 Å². The molecule has 0 bridgehead atoms. The fourth-order valence-corrected chi connectivity index (χ4v) is 1.43. The maximum absolute atomic E-state index is 12.9. The Morgan fingerprint density at radius 2 is 2.17 bits per heavy atom. The summed E-state index contributed by atoms with van der Waals surface area (Å²) < 4.78 is 13.1. The van der Waals surface area contributed by atoms with Gasteiger partial charge >= 0.3 is 0 Å². The molecule has 0 aliphatic heterocycles. The van der Waals surface area contributed by atoms with Crippen molar-refractivity contribution >= 4 is 33.4 Å². The zero-order chi connectivity index (χ0) is 9.30. The number of primary amides is 1. The third-order valence-electron chi connectivity index (χ3n) is 1.29. The lowest BCUT2D eigenvalue weighted by Gasteiger charge is -2.02. The predicted molar refractivity (Wildman–Crippen MR) is 47.6 cm³/mol. The molecule has 2 N–H and O–H groups in total. The summed E-state index contributed by atoms with van der Waals surface area (Å²) in [7, 11) is 0. The highest BCUT2D eigenvalue weighted by molar-refractivity contribution is 9.10. The minimum absolute atomic E-state index is 0.191. The zero-order valence-corrected chi connectivity index (χ0v) is 8.12. The van der Waals surface area contributed by atoms with E-state index in [0.29, 0.717) is 0 Å². The van der Waals surface area contributed by atoms with Crippen LogP contribution in [0.5, 0.6) is 0 Å². The van der Waals surface area contributed by atoms with Crippen molar-refractivity contribution in [1.82, 2.24) is 0 Å². The van der Waals surface area contributed by atoms with Gasteiger partial charge in [0.2, 0.25) is 0 Å². The lowest BCUT2D eigenvalue weighted by Crippen LogP contribution is -2.14. The first-order valence-corrected chi connectivity index (χ1v) is 4.14. The van der Waals surface area contributed by atoms with Crippen LogP contribution in [0.1, 0.15) is 10.4 Å². The van der Waals surface area contributed by atoms with Gasteiger partial charge in [0.1, 0.15) is 5.82 Å². The molecular weight excluding hydrogens is 248 g/mol. The summed E-state index contributed by atoms with van der Waals surface area (Å²) in [6.45, 7) is 0. The number of rotatable bonds is 1. The van der Waals surface area contributed by atoms with Crippen LogP contribution in [-0.4, -0.2) is 5.91 Å². The van der Waals surface area contributed by atoms with Crippen LogP contribution in [0, 0.1) is 5.82 Å². The summed E-state index contributed by atoms with van der Waals surface area (Å²) >= 11 is 8.57. The second-order valence-electron chi connectivity index (χ2n) is 2.08. The number of hydrogen-bond donors (Lipinski definition) is 1.